The minimum Gasteiger partial charge on any atom is -0.478 e. The molecule has 1 aromatic carbocycles. The fraction of sp³-hybridized carbons (Fsp3) is 0.222. The summed E-state index contributed by atoms with van der Waals surface area (Å²) in [6, 6.07) is 2.03. The molecule has 0 spiro atoms. The van der Waals surface area contributed by atoms with Crippen LogP contribution in [0.25, 0.3) is 0 Å². The van der Waals surface area contributed by atoms with Crippen LogP contribution in [0.5, 0.6) is 0 Å². The summed E-state index contributed by atoms with van der Waals surface area (Å²) in [6.45, 7) is 1.48. The summed E-state index contributed by atoms with van der Waals surface area (Å²) in [5.74, 6) is -1.25. The predicted octanol–water partition coefficient (Wildman–Crippen LogP) is 2.21. The summed E-state index contributed by atoms with van der Waals surface area (Å²) in [5.41, 5.74) is 5.23. The van der Waals surface area contributed by atoms with Crippen LogP contribution in [0.2, 0.25) is 0 Å². The van der Waals surface area contributed by atoms with Crippen LogP contribution in [0.15, 0.2) is 12.1 Å². The number of halogens is 2. The van der Waals surface area contributed by atoms with Gasteiger partial charge in [0.05, 0.1) is 5.56 Å². The summed E-state index contributed by atoms with van der Waals surface area (Å²) in [6.07, 6.45) is -2.71. The molecule has 0 radical (unpaired) electrons. The zero-order chi connectivity index (χ0) is 10.9. The largest absolute Gasteiger partial charge is 0.478 e. The first kappa shape index (κ1) is 10.4. The fourth-order valence-electron chi connectivity index (χ4n) is 1.11. The van der Waals surface area contributed by atoms with E-state index in [9.17, 15) is 13.6 Å². The molecule has 0 aliphatic carbocycles. The molecule has 0 bridgehead atoms. The maximum absolute atomic E-state index is 12.3. The monoisotopic (exact) mass is 201 g/mol. The summed E-state index contributed by atoms with van der Waals surface area (Å²) in [5, 5.41) is 8.70. The first-order valence-corrected chi connectivity index (χ1v) is 3.85. The Morgan fingerprint density at radius 3 is 2.50 bits per heavy atom. The molecular weight excluding hydrogens is 192 g/mol. The molecule has 0 unspecified atom stereocenters. The van der Waals surface area contributed by atoms with Gasteiger partial charge in [0.1, 0.15) is 0 Å². The second-order valence-corrected chi connectivity index (χ2v) is 2.89. The van der Waals surface area contributed by atoms with E-state index in [-0.39, 0.29) is 16.8 Å². The topological polar surface area (TPSA) is 63.3 Å². The van der Waals surface area contributed by atoms with Gasteiger partial charge in [-0.2, -0.15) is 0 Å². The highest BCUT2D eigenvalue weighted by Gasteiger charge is 2.15. The van der Waals surface area contributed by atoms with Crippen molar-refractivity contribution in [2.45, 2.75) is 13.3 Å². The first-order chi connectivity index (χ1) is 6.43. The zero-order valence-electron chi connectivity index (χ0n) is 7.42. The maximum atomic E-state index is 12.3. The van der Waals surface area contributed by atoms with Gasteiger partial charge in [0.15, 0.2) is 0 Å². The van der Waals surface area contributed by atoms with Crippen LogP contribution in [0.4, 0.5) is 14.5 Å². The van der Waals surface area contributed by atoms with E-state index < -0.39 is 12.4 Å². The lowest BCUT2D eigenvalue weighted by Gasteiger charge is -2.08. The predicted molar refractivity (Wildman–Crippen MR) is 47.5 cm³/mol. The molecule has 0 atom stereocenters. The quantitative estimate of drug-likeness (QED) is 0.721. The number of nitrogen functional groups attached to an aromatic ring is 1. The Morgan fingerprint density at radius 2 is 2.07 bits per heavy atom. The summed E-state index contributed by atoms with van der Waals surface area (Å²) >= 11 is 0. The van der Waals surface area contributed by atoms with E-state index in [1.165, 1.54) is 6.92 Å². The molecule has 3 nitrogen and oxygen atoms in total. The lowest BCUT2D eigenvalue weighted by Crippen LogP contribution is -2.04. The number of anilines is 1. The number of carboxylic acid groups (broad SMARTS) is 1. The van der Waals surface area contributed by atoms with E-state index in [0.29, 0.717) is 5.56 Å². The average Bonchev–Trinajstić information content (AvgIpc) is 2.08. The Balaban J connectivity index is 3.35. The molecule has 14 heavy (non-hydrogen) atoms. The van der Waals surface area contributed by atoms with Crippen molar-refractivity contribution < 1.29 is 18.7 Å². The number of hydrogen-bond donors (Lipinski definition) is 2. The van der Waals surface area contributed by atoms with Gasteiger partial charge in [-0.1, -0.05) is 0 Å². The Labute approximate surface area is 79.2 Å². The van der Waals surface area contributed by atoms with Crippen LogP contribution < -0.4 is 5.73 Å². The van der Waals surface area contributed by atoms with Crippen LogP contribution in [0.1, 0.15) is 27.9 Å². The summed E-state index contributed by atoms with van der Waals surface area (Å²) in [4.78, 5) is 10.6. The van der Waals surface area contributed by atoms with Crippen molar-refractivity contribution in [3.05, 3.63) is 28.8 Å². The number of rotatable bonds is 2. The van der Waals surface area contributed by atoms with E-state index in [4.69, 9.17) is 10.8 Å². The molecule has 0 aliphatic heterocycles. The first-order valence-electron chi connectivity index (χ1n) is 3.85. The molecule has 0 heterocycles. The van der Waals surface area contributed by atoms with E-state index >= 15 is 0 Å². The van der Waals surface area contributed by atoms with Gasteiger partial charge >= 0.3 is 5.97 Å². The number of benzene rings is 1. The third-order valence-corrected chi connectivity index (χ3v) is 1.95. The van der Waals surface area contributed by atoms with Crippen LogP contribution in [-0.4, -0.2) is 11.1 Å². The van der Waals surface area contributed by atoms with Crippen molar-refractivity contribution in [3.8, 4) is 0 Å². The molecule has 1 aromatic rings. The normalized spacial score (nSPS) is 10.6. The Bertz CT molecular complexity index is 377. The smallest absolute Gasteiger partial charge is 0.336 e. The molecule has 0 saturated heterocycles. The SMILES string of the molecule is Cc1c(N)cc(C(F)F)cc1C(=O)O. The Hall–Kier alpha value is -1.65. The second-order valence-electron chi connectivity index (χ2n) is 2.89. The molecule has 0 saturated carbocycles. The highest BCUT2D eigenvalue weighted by molar-refractivity contribution is 5.91. The van der Waals surface area contributed by atoms with Gasteiger partial charge in [0.25, 0.3) is 6.43 Å². The number of carbonyl (C=O) groups is 1. The molecule has 3 N–H and O–H groups in total. The molecular formula is C9H9F2NO2. The third-order valence-electron chi connectivity index (χ3n) is 1.95. The number of carboxylic acids is 1. The fourth-order valence-corrected chi connectivity index (χ4v) is 1.11. The van der Waals surface area contributed by atoms with Gasteiger partial charge < -0.3 is 10.8 Å². The Morgan fingerprint density at radius 1 is 1.50 bits per heavy atom. The zero-order valence-corrected chi connectivity index (χ0v) is 7.42. The molecule has 0 aromatic heterocycles. The van der Waals surface area contributed by atoms with Crippen molar-refractivity contribution in [3.63, 3.8) is 0 Å². The lowest BCUT2D eigenvalue weighted by atomic mass is 10.0. The lowest BCUT2D eigenvalue weighted by molar-refractivity contribution is 0.0695. The standard InChI is InChI=1S/C9H9F2NO2/c1-4-6(9(13)14)2-5(8(10)11)3-7(4)12/h2-3,8H,12H2,1H3,(H,13,14). The minimum absolute atomic E-state index is 0.0696. The van der Waals surface area contributed by atoms with Crippen molar-refractivity contribution in [1.82, 2.24) is 0 Å². The highest BCUT2D eigenvalue weighted by Crippen LogP contribution is 2.26. The van der Waals surface area contributed by atoms with E-state index in [1.807, 2.05) is 0 Å². The van der Waals surface area contributed by atoms with E-state index in [1.54, 1.807) is 0 Å². The molecule has 0 amide bonds. The molecule has 5 heteroatoms. The van der Waals surface area contributed by atoms with Crippen molar-refractivity contribution >= 4 is 11.7 Å². The second kappa shape index (κ2) is 3.61. The number of nitrogens with two attached hydrogens (primary N) is 1. The summed E-state index contributed by atoms with van der Waals surface area (Å²) < 4.78 is 24.5. The van der Waals surface area contributed by atoms with Crippen molar-refractivity contribution in [2.24, 2.45) is 0 Å². The number of aromatic carboxylic acids is 1. The molecule has 0 aliphatic rings. The third kappa shape index (κ3) is 1.81. The van der Waals surface area contributed by atoms with Crippen LogP contribution in [0.3, 0.4) is 0 Å². The van der Waals surface area contributed by atoms with Crippen LogP contribution >= 0.6 is 0 Å². The van der Waals surface area contributed by atoms with Crippen molar-refractivity contribution in [2.75, 3.05) is 5.73 Å². The average molecular weight is 201 g/mol. The number of alkyl halides is 2. The van der Waals surface area contributed by atoms with Gasteiger partial charge in [-0.25, -0.2) is 13.6 Å². The van der Waals surface area contributed by atoms with Crippen molar-refractivity contribution in [1.29, 1.82) is 0 Å². The van der Waals surface area contributed by atoms with E-state index in [0.717, 1.165) is 12.1 Å². The van der Waals surface area contributed by atoms with Gasteiger partial charge in [0.2, 0.25) is 0 Å². The van der Waals surface area contributed by atoms with Gasteiger partial charge in [-0.3, -0.25) is 0 Å². The number of hydrogen-bond acceptors (Lipinski definition) is 2. The van der Waals surface area contributed by atoms with Gasteiger partial charge in [0, 0.05) is 11.3 Å². The van der Waals surface area contributed by atoms with Crippen LogP contribution in [-0.2, 0) is 0 Å². The van der Waals surface area contributed by atoms with Crippen LogP contribution in [0, 0.1) is 6.92 Å². The minimum atomic E-state index is -2.71. The molecule has 1 rings (SSSR count). The highest BCUT2D eigenvalue weighted by atomic mass is 19.3. The molecule has 76 valence electrons. The van der Waals surface area contributed by atoms with E-state index in [2.05, 4.69) is 0 Å². The summed E-state index contributed by atoms with van der Waals surface area (Å²) in [7, 11) is 0. The van der Waals surface area contributed by atoms with Gasteiger partial charge in [-0.15, -0.1) is 0 Å². The maximum Gasteiger partial charge on any atom is 0.336 e. The Kier molecular flexibility index (Phi) is 2.69. The molecule has 0 fully saturated rings. The van der Waals surface area contributed by atoms with Gasteiger partial charge in [-0.05, 0) is 24.6 Å².